The summed E-state index contributed by atoms with van der Waals surface area (Å²) >= 11 is 0. The lowest BCUT2D eigenvalue weighted by molar-refractivity contribution is 0.0374. The second-order valence-corrected chi connectivity index (χ2v) is 5.87. The fraction of sp³-hybridized carbons (Fsp3) is 0.412. The number of rotatable bonds is 5. The van der Waals surface area contributed by atoms with E-state index in [1.165, 1.54) is 4.68 Å². The van der Waals surface area contributed by atoms with E-state index in [2.05, 4.69) is 20.3 Å². The van der Waals surface area contributed by atoms with Gasteiger partial charge in [0, 0.05) is 38.9 Å². The molecule has 0 amide bonds. The summed E-state index contributed by atoms with van der Waals surface area (Å²) in [5, 5.41) is 16.1. The van der Waals surface area contributed by atoms with Crippen LogP contribution in [0.15, 0.2) is 35.4 Å². The fourth-order valence-electron chi connectivity index (χ4n) is 2.69. The molecule has 1 aliphatic rings. The SMILES string of the molecule is Cn1ncc(N2CCOC(CCNc3ccc(C#N)cn3)C2)cc1=O. The van der Waals surface area contributed by atoms with Crippen LogP contribution in [0.1, 0.15) is 12.0 Å². The lowest BCUT2D eigenvalue weighted by atomic mass is 10.2. The van der Waals surface area contributed by atoms with E-state index >= 15 is 0 Å². The molecule has 2 aromatic rings. The summed E-state index contributed by atoms with van der Waals surface area (Å²) < 4.78 is 7.12. The molecule has 130 valence electrons. The van der Waals surface area contributed by atoms with Crippen molar-refractivity contribution < 1.29 is 4.74 Å². The summed E-state index contributed by atoms with van der Waals surface area (Å²) in [6, 6.07) is 7.17. The molecule has 1 atom stereocenters. The Labute approximate surface area is 145 Å². The molecule has 0 aromatic carbocycles. The van der Waals surface area contributed by atoms with E-state index in [-0.39, 0.29) is 11.7 Å². The number of nitrogens with zero attached hydrogens (tertiary/aromatic N) is 5. The monoisotopic (exact) mass is 340 g/mol. The standard InChI is InChI=1S/C17H20N6O2/c1-22-17(24)8-14(11-21-22)23-6-7-25-15(12-23)4-5-19-16-3-2-13(9-18)10-20-16/h2-3,8,10-11,15H,4-7,12H2,1H3,(H,19,20). The molecular formula is C17H20N6O2. The summed E-state index contributed by atoms with van der Waals surface area (Å²) in [4.78, 5) is 18.1. The van der Waals surface area contributed by atoms with Crippen LogP contribution < -0.4 is 15.8 Å². The largest absolute Gasteiger partial charge is 0.374 e. The highest BCUT2D eigenvalue weighted by atomic mass is 16.5. The Bertz CT molecular complexity index is 811. The highest BCUT2D eigenvalue weighted by Crippen LogP contribution is 2.16. The third kappa shape index (κ3) is 4.33. The number of aryl methyl sites for hydroxylation is 1. The molecule has 1 N–H and O–H groups in total. The van der Waals surface area contributed by atoms with E-state index in [1.807, 2.05) is 6.07 Å². The van der Waals surface area contributed by atoms with Crippen molar-refractivity contribution >= 4 is 11.5 Å². The molecule has 0 saturated carbocycles. The molecule has 1 fully saturated rings. The Balaban J connectivity index is 1.52. The Kier molecular flexibility index (Phi) is 5.26. The number of morpholine rings is 1. The maximum absolute atomic E-state index is 11.7. The van der Waals surface area contributed by atoms with E-state index < -0.39 is 0 Å². The number of hydrogen-bond acceptors (Lipinski definition) is 7. The number of nitrogens with one attached hydrogen (secondary N) is 1. The Morgan fingerprint density at radius 2 is 2.32 bits per heavy atom. The van der Waals surface area contributed by atoms with Crippen molar-refractivity contribution in [2.24, 2.45) is 7.05 Å². The molecule has 0 aliphatic carbocycles. The molecule has 0 spiro atoms. The van der Waals surface area contributed by atoms with Crippen LogP contribution in [-0.4, -0.2) is 47.1 Å². The van der Waals surface area contributed by atoms with Crippen LogP contribution in [0.5, 0.6) is 0 Å². The summed E-state index contributed by atoms with van der Waals surface area (Å²) in [5.74, 6) is 0.738. The van der Waals surface area contributed by atoms with E-state index in [1.54, 1.807) is 37.6 Å². The highest BCUT2D eigenvalue weighted by Gasteiger charge is 2.21. The Morgan fingerprint density at radius 3 is 3.04 bits per heavy atom. The van der Waals surface area contributed by atoms with Crippen molar-refractivity contribution in [2.45, 2.75) is 12.5 Å². The van der Waals surface area contributed by atoms with Crippen molar-refractivity contribution in [2.75, 3.05) is 36.5 Å². The van der Waals surface area contributed by atoms with Crippen LogP contribution in [0.2, 0.25) is 0 Å². The molecule has 25 heavy (non-hydrogen) atoms. The fourth-order valence-corrected chi connectivity index (χ4v) is 2.69. The molecule has 1 saturated heterocycles. The van der Waals surface area contributed by atoms with Crippen LogP contribution in [0.3, 0.4) is 0 Å². The number of ether oxygens (including phenoxy) is 1. The van der Waals surface area contributed by atoms with Gasteiger partial charge in [-0.1, -0.05) is 0 Å². The van der Waals surface area contributed by atoms with Gasteiger partial charge in [0.25, 0.3) is 5.56 Å². The first-order chi connectivity index (χ1) is 12.2. The van der Waals surface area contributed by atoms with Crippen LogP contribution in [0.25, 0.3) is 0 Å². The van der Waals surface area contributed by atoms with Gasteiger partial charge < -0.3 is 15.0 Å². The normalized spacial score (nSPS) is 17.1. The molecule has 2 aromatic heterocycles. The predicted molar refractivity (Wildman–Crippen MR) is 93.5 cm³/mol. The van der Waals surface area contributed by atoms with Gasteiger partial charge in [0.2, 0.25) is 0 Å². The van der Waals surface area contributed by atoms with Crippen LogP contribution in [-0.2, 0) is 11.8 Å². The van der Waals surface area contributed by atoms with Gasteiger partial charge in [0.1, 0.15) is 11.9 Å². The summed E-state index contributed by atoms with van der Waals surface area (Å²) in [6.45, 7) is 2.80. The molecule has 0 bridgehead atoms. The number of nitriles is 1. The lowest BCUT2D eigenvalue weighted by Gasteiger charge is -2.34. The van der Waals surface area contributed by atoms with Crippen LogP contribution >= 0.6 is 0 Å². The minimum atomic E-state index is -0.117. The van der Waals surface area contributed by atoms with Gasteiger partial charge in [-0.05, 0) is 18.6 Å². The van der Waals surface area contributed by atoms with Crippen LogP contribution in [0, 0.1) is 11.3 Å². The minimum Gasteiger partial charge on any atom is -0.374 e. The first kappa shape index (κ1) is 16.9. The highest BCUT2D eigenvalue weighted by molar-refractivity contribution is 5.43. The van der Waals surface area contributed by atoms with E-state index in [4.69, 9.17) is 10.00 Å². The zero-order chi connectivity index (χ0) is 17.6. The number of anilines is 2. The van der Waals surface area contributed by atoms with Crippen molar-refractivity contribution in [3.63, 3.8) is 0 Å². The van der Waals surface area contributed by atoms with Gasteiger partial charge in [-0.15, -0.1) is 0 Å². The third-order valence-corrected chi connectivity index (χ3v) is 4.12. The molecule has 0 radical (unpaired) electrons. The maximum Gasteiger partial charge on any atom is 0.268 e. The van der Waals surface area contributed by atoms with E-state index in [0.717, 1.165) is 31.0 Å². The van der Waals surface area contributed by atoms with Gasteiger partial charge in [0.15, 0.2) is 0 Å². The second kappa shape index (κ2) is 7.77. The Morgan fingerprint density at radius 1 is 1.44 bits per heavy atom. The molecule has 3 rings (SSSR count). The molecule has 3 heterocycles. The zero-order valence-electron chi connectivity index (χ0n) is 14.1. The molecule has 8 heteroatoms. The van der Waals surface area contributed by atoms with Crippen molar-refractivity contribution in [1.82, 2.24) is 14.8 Å². The Hall–Kier alpha value is -2.92. The van der Waals surface area contributed by atoms with Gasteiger partial charge in [0.05, 0.1) is 30.2 Å². The van der Waals surface area contributed by atoms with Crippen molar-refractivity contribution in [1.29, 1.82) is 5.26 Å². The summed E-state index contributed by atoms with van der Waals surface area (Å²) in [7, 11) is 1.64. The average Bonchev–Trinajstić information content (AvgIpc) is 2.65. The summed E-state index contributed by atoms with van der Waals surface area (Å²) in [5.41, 5.74) is 1.26. The molecule has 8 nitrogen and oxygen atoms in total. The number of hydrogen-bond donors (Lipinski definition) is 1. The first-order valence-electron chi connectivity index (χ1n) is 8.15. The van der Waals surface area contributed by atoms with Gasteiger partial charge in [-0.25, -0.2) is 9.67 Å². The second-order valence-electron chi connectivity index (χ2n) is 5.87. The number of aromatic nitrogens is 3. The average molecular weight is 340 g/mol. The van der Waals surface area contributed by atoms with Crippen molar-refractivity contribution in [3.8, 4) is 6.07 Å². The lowest BCUT2D eigenvalue weighted by Crippen LogP contribution is -2.43. The first-order valence-corrected chi connectivity index (χ1v) is 8.15. The van der Waals surface area contributed by atoms with Gasteiger partial charge in [-0.3, -0.25) is 4.79 Å². The van der Waals surface area contributed by atoms with Gasteiger partial charge in [-0.2, -0.15) is 10.4 Å². The molecule has 1 aliphatic heterocycles. The van der Waals surface area contributed by atoms with E-state index in [0.29, 0.717) is 18.7 Å². The van der Waals surface area contributed by atoms with Crippen molar-refractivity contribution in [3.05, 3.63) is 46.5 Å². The topological polar surface area (TPSA) is 96.1 Å². The summed E-state index contributed by atoms with van der Waals surface area (Å²) in [6.07, 6.45) is 4.15. The minimum absolute atomic E-state index is 0.0729. The van der Waals surface area contributed by atoms with E-state index in [9.17, 15) is 4.79 Å². The quantitative estimate of drug-likeness (QED) is 0.858. The number of pyridine rings is 1. The van der Waals surface area contributed by atoms with Crippen LogP contribution in [0.4, 0.5) is 11.5 Å². The predicted octanol–water partition coefficient (Wildman–Crippen LogP) is 0.754. The third-order valence-electron chi connectivity index (χ3n) is 4.12. The smallest absolute Gasteiger partial charge is 0.268 e. The zero-order valence-corrected chi connectivity index (χ0v) is 14.1. The maximum atomic E-state index is 11.7. The molecule has 1 unspecified atom stereocenters. The van der Waals surface area contributed by atoms with Gasteiger partial charge >= 0.3 is 0 Å². The molecular weight excluding hydrogens is 320 g/mol.